The van der Waals surface area contributed by atoms with Crippen molar-refractivity contribution in [3.05, 3.63) is 50.9 Å². The normalized spacial score (nSPS) is 10.4. The van der Waals surface area contributed by atoms with Crippen LogP contribution in [0.3, 0.4) is 0 Å². The molecule has 9 nitrogen and oxygen atoms in total. The molecule has 182 valence electrons. The Balaban J connectivity index is 1.96. The van der Waals surface area contributed by atoms with E-state index in [0.717, 1.165) is 22.5 Å². The van der Waals surface area contributed by atoms with Crippen LogP contribution < -0.4 is 10.6 Å². The number of thiophene rings is 1. The third-order valence-electron chi connectivity index (χ3n) is 5.06. The Kier molecular flexibility index (Phi) is 9.49. The van der Waals surface area contributed by atoms with Gasteiger partial charge in [0, 0.05) is 19.0 Å². The molecule has 0 atom stereocenters. The van der Waals surface area contributed by atoms with Crippen LogP contribution in [0, 0.1) is 20.8 Å². The number of hydrogen-bond donors (Lipinski definition) is 2. The second-order valence-electron chi connectivity index (χ2n) is 7.49. The van der Waals surface area contributed by atoms with E-state index in [0.29, 0.717) is 11.1 Å². The van der Waals surface area contributed by atoms with Crippen LogP contribution in [0.15, 0.2) is 18.2 Å². The molecular formula is C24H28N2O7S. The van der Waals surface area contributed by atoms with Gasteiger partial charge in [0.2, 0.25) is 0 Å². The molecule has 1 aromatic carbocycles. The lowest BCUT2D eigenvalue weighted by Gasteiger charge is -2.08. The fraction of sp³-hybridized carbons (Fsp3) is 0.375. The average molecular weight is 489 g/mol. The van der Waals surface area contributed by atoms with Crippen LogP contribution in [0.4, 0.5) is 5.00 Å². The molecule has 0 aliphatic rings. The molecule has 1 heterocycles. The fourth-order valence-corrected chi connectivity index (χ4v) is 4.19. The molecule has 2 amide bonds. The van der Waals surface area contributed by atoms with Gasteiger partial charge in [-0.1, -0.05) is 12.1 Å². The first-order valence-electron chi connectivity index (χ1n) is 10.7. The number of Topliss-reactive ketones (excluding diaryl/α,β-unsaturated/α-hetero) is 1. The number of benzene rings is 1. The third kappa shape index (κ3) is 6.74. The molecule has 0 fully saturated rings. The molecule has 2 rings (SSSR count). The second-order valence-corrected chi connectivity index (χ2v) is 8.51. The van der Waals surface area contributed by atoms with E-state index in [1.165, 1.54) is 7.05 Å². The summed E-state index contributed by atoms with van der Waals surface area (Å²) in [5.41, 5.74) is 3.01. The Labute approximate surface area is 201 Å². The van der Waals surface area contributed by atoms with Crippen LogP contribution in [0.25, 0.3) is 0 Å². The van der Waals surface area contributed by atoms with E-state index in [2.05, 4.69) is 10.6 Å². The predicted octanol–water partition coefficient (Wildman–Crippen LogP) is 3.35. The summed E-state index contributed by atoms with van der Waals surface area (Å²) in [4.78, 5) is 61.3. The molecule has 0 saturated heterocycles. The Bertz CT molecular complexity index is 1120. The van der Waals surface area contributed by atoms with Crippen molar-refractivity contribution in [2.75, 3.05) is 25.6 Å². The maximum Gasteiger partial charge on any atom is 0.341 e. The Morgan fingerprint density at radius 2 is 1.68 bits per heavy atom. The minimum atomic E-state index is -0.702. The molecule has 0 radical (unpaired) electrons. The zero-order chi connectivity index (χ0) is 25.4. The lowest BCUT2D eigenvalue weighted by molar-refractivity contribution is -0.147. The number of rotatable bonds is 10. The van der Waals surface area contributed by atoms with E-state index < -0.39 is 30.4 Å². The summed E-state index contributed by atoms with van der Waals surface area (Å²) >= 11 is 0.919. The van der Waals surface area contributed by atoms with Gasteiger partial charge in [0.1, 0.15) is 5.00 Å². The number of carbonyl (C=O) groups is 5. The highest BCUT2D eigenvalue weighted by Crippen LogP contribution is 2.33. The van der Waals surface area contributed by atoms with Crippen molar-refractivity contribution >= 4 is 45.9 Å². The van der Waals surface area contributed by atoms with Gasteiger partial charge in [-0.15, -0.1) is 11.3 Å². The van der Waals surface area contributed by atoms with Crippen LogP contribution in [0.5, 0.6) is 0 Å². The molecule has 0 aliphatic carbocycles. The van der Waals surface area contributed by atoms with Gasteiger partial charge in [0.15, 0.2) is 12.4 Å². The minimum absolute atomic E-state index is 0.0461. The summed E-state index contributed by atoms with van der Waals surface area (Å²) in [6, 6.07) is 5.33. The first-order chi connectivity index (χ1) is 16.1. The molecule has 0 bridgehead atoms. The highest BCUT2D eigenvalue weighted by molar-refractivity contribution is 7.18. The second kappa shape index (κ2) is 12.1. The van der Waals surface area contributed by atoms with Crippen molar-refractivity contribution in [1.29, 1.82) is 0 Å². The average Bonchev–Trinajstić information content (AvgIpc) is 3.12. The molecule has 0 aliphatic heterocycles. The molecule has 0 saturated carbocycles. The third-order valence-corrected chi connectivity index (χ3v) is 6.27. The standard InChI is InChI=1S/C24H28N2O7S/c1-6-32-24(31)20-15(4)21(22(30)25-5)34-23(20)26-18(28)12-33-19(29)10-9-17(27)16-8-7-13(2)14(3)11-16/h7-8,11H,6,9-10,12H2,1-5H3,(H,25,30)(H,26,28). The summed E-state index contributed by atoms with van der Waals surface area (Å²) in [7, 11) is 1.45. The summed E-state index contributed by atoms with van der Waals surface area (Å²) < 4.78 is 9.99. The molecule has 0 unspecified atom stereocenters. The van der Waals surface area contributed by atoms with Gasteiger partial charge in [0.25, 0.3) is 11.8 Å². The van der Waals surface area contributed by atoms with Crippen LogP contribution in [0.2, 0.25) is 0 Å². The maximum absolute atomic E-state index is 12.3. The first-order valence-corrected chi connectivity index (χ1v) is 11.5. The topological polar surface area (TPSA) is 128 Å². The number of aryl methyl sites for hydroxylation is 2. The lowest BCUT2D eigenvalue weighted by atomic mass is 10.0. The Morgan fingerprint density at radius 1 is 0.971 bits per heavy atom. The van der Waals surface area contributed by atoms with E-state index in [1.54, 1.807) is 26.0 Å². The molecule has 2 N–H and O–H groups in total. The smallest absolute Gasteiger partial charge is 0.341 e. The van der Waals surface area contributed by atoms with Crippen molar-refractivity contribution in [1.82, 2.24) is 5.32 Å². The van der Waals surface area contributed by atoms with Crippen LogP contribution in [-0.2, 0) is 19.1 Å². The lowest BCUT2D eigenvalue weighted by Crippen LogP contribution is -2.22. The fourth-order valence-electron chi connectivity index (χ4n) is 3.04. The summed E-state index contributed by atoms with van der Waals surface area (Å²) in [5.74, 6) is -2.67. The van der Waals surface area contributed by atoms with E-state index >= 15 is 0 Å². The van der Waals surface area contributed by atoms with E-state index in [4.69, 9.17) is 9.47 Å². The summed E-state index contributed by atoms with van der Waals surface area (Å²) in [6.45, 7) is 6.58. The number of anilines is 1. The number of esters is 2. The Hall–Kier alpha value is -3.53. The van der Waals surface area contributed by atoms with E-state index in [1.807, 2.05) is 19.9 Å². The Morgan fingerprint density at radius 3 is 2.29 bits per heavy atom. The number of carbonyl (C=O) groups excluding carboxylic acids is 5. The van der Waals surface area contributed by atoms with Gasteiger partial charge >= 0.3 is 11.9 Å². The molecule has 34 heavy (non-hydrogen) atoms. The molecule has 0 spiro atoms. The van der Waals surface area contributed by atoms with Crippen molar-refractivity contribution in [2.24, 2.45) is 0 Å². The number of hydrogen-bond acceptors (Lipinski definition) is 8. The molecular weight excluding hydrogens is 460 g/mol. The highest BCUT2D eigenvalue weighted by atomic mass is 32.1. The minimum Gasteiger partial charge on any atom is -0.462 e. The van der Waals surface area contributed by atoms with Crippen LogP contribution >= 0.6 is 11.3 Å². The van der Waals surface area contributed by atoms with E-state index in [9.17, 15) is 24.0 Å². The van der Waals surface area contributed by atoms with Gasteiger partial charge in [-0.3, -0.25) is 19.2 Å². The van der Waals surface area contributed by atoms with Crippen LogP contribution in [-0.4, -0.2) is 49.8 Å². The van der Waals surface area contributed by atoms with Gasteiger partial charge < -0.3 is 20.1 Å². The molecule has 2 aromatic rings. The molecule has 10 heteroatoms. The van der Waals surface area contributed by atoms with Crippen molar-refractivity contribution in [2.45, 2.75) is 40.5 Å². The van der Waals surface area contributed by atoms with Crippen molar-refractivity contribution in [3.63, 3.8) is 0 Å². The zero-order valence-electron chi connectivity index (χ0n) is 19.8. The van der Waals surface area contributed by atoms with Crippen molar-refractivity contribution in [3.8, 4) is 0 Å². The summed E-state index contributed by atoms with van der Waals surface area (Å²) in [5, 5.41) is 5.11. The van der Waals surface area contributed by atoms with E-state index in [-0.39, 0.29) is 40.7 Å². The maximum atomic E-state index is 12.3. The summed E-state index contributed by atoms with van der Waals surface area (Å²) in [6.07, 6.45) is -0.221. The number of ether oxygens (including phenoxy) is 2. The quantitative estimate of drug-likeness (QED) is 0.388. The molecule has 1 aromatic heterocycles. The van der Waals surface area contributed by atoms with Gasteiger partial charge in [-0.25, -0.2) is 4.79 Å². The van der Waals surface area contributed by atoms with Gasteiger partial charge in [-0.2, -0.15) is 0 Å². The SMILES string of the molecule is CCOC(=O)c1c(NC(=O)COC(=O)CCC(=O)c2ccc(C)c(C)c2)sc(C(=O)NC)c1C. The predicted molar refractivity (Wildman–Crippen MR) is 127 cm³/mol. The van der Waals surface area contributed by atoms with Crippen molar-refractivity contribution < 1.29 is 33.4 Å². The van der Waals surface area contributed by atoms with Gasteiger partial charge in [-0.05, 0) is 50.5 Å². The number of amides is 2. The largest absolute Gasteiger partial charge is 0.462 e. The number of nitrogens with one attached hydrogen (secondary N) is 2. The van der Waals surface area contributed by atoms with Gasteiger partial charge in [0.05, 0.1) is 23.5 Å². The van der Waals surface area contributed by atoms with Crippen LogP contribution in [0.1, 0.15) is 66.8 Å². The highest BCUT2D eigenvalue weighted by Gasteiger charge is 2.26. The zero-order valence-corrected chi connectivity index (χ0v) is 20.6. The number of ketones is 1. The monoisotopic (exact) mass is 488 g/mol. The first kappa shape index (κ1) is 26.7.